The zero-order chi connectivity index (χ0) is 12.4. The van der Waals surface area contributed by atoms with Gasteiger partial charge in [-0.3, -0.25) is 0 Å². The molecule has 98 valence electrons. The molecule has 0 aromatic carbocycles. The van der Waals surface area contributed by atoms with E-state index in [4.69, 9.17) is 15.6 Å². The van der Waals surface area contributed by atoms with Crippen molar-refractivity contribution in [3.63, 3.8) is 0 Å². The Morgan fingerprint density at radius 1 is 1.17 bits per heavy atom. The van der Waals surface area contributed by atoms with E-state index < -0.39 is 0 Å². The lowest BCUT2D eigenvalue weighted by atomic mass is 10.0. The fraction of sp³-hybridized carbons (Fsp3) is 0.692. The SMILES string of the molecule is NNc1cc(C2CCCC2)nc(C2CCCO2)n1. The quantitative estimate of drug-likeness (QED) is 0.634. The number of rotatable bonds is 3. The average Bonchev–Trinajstić information content (AvgIpc) is 3.10. The third kappa shape index (κ3) is 2.33. The number of anilines is 1. The summed E-state index contributed by atoms with van der Waals surface area (Å²) in [6.07, 6.45) is 7.21. The van der Waals surface area contributed by atoms with Gasteiger partial charge >= 0.3 is 0 Å². The van der Waals surface area contributed by atoms with Gasteiger partial charge in [0.25, 0.3) is 0 Å². The molecule has 1 atom stereocenters. The van der Waals surface area contributed by atoms with Crippen molar-refractivity contribution >= 4 is 5.82 Å². The average molecular weight is 248 g/mol. The van der Waals surface area contributed by atoms with E-state index in [1.165, 1.54) is 25.7 Å². The third-order valence-electron chi connectivity index (χ3n) is 3.90. The van der Waals surface area contributed by atoms with Crippen molar-refractivity contribution in [1.29, 1.82) is 0 Å². The van der Waals surface area contributed by atoms with Gasteiger partial charge in [-0.2, -0.15) is 0 Å². The second-order valence-corrected chi connectivity index (χ2v) is 5.16. The number of nitrogens with two attached hydrogens (primary N) is 1. The Labute approximate surface area is 107 Å². The summed E-state index contributed by atoms with van der Waals surface area (Å²) in [6.45, 7) is 0.813. The minimum Gasteiger partial charge on any atom is -0.370 e. The minimum absolute atomic E-state index is 0.0541. The molecule has 0 amide bonds. The van der Waals surface area contributed by atoms with Crippen molar-refractivity contribution in [2.45, 2.75) is 50.5 Å². The molecule has 1 saturated heterocycles. The Balaban J connectivity index is 1.90. The summed E-state index contributed by atoms with van der Waals surface area (Å²) in [4.78, 5) is 9.15. The van der Waals surface area contributed by atoms with Crippen LogP contribution in [0.3, 0.4) is 0 Å². The lowest BCUT2D eigenvalue weighted by molar-refractivity contribution is 0.105. The van der Waals surface area contributed by atoms with Crippen LogP contribution in [0.25, 0.3) is 0 Å². The third-order valence-corrected chi connectivity index (χ3v) is 3.90. The van der Waals surface area contributed by atoms with Crippen molar-refractivity contribution < 1.29 is 4.74 Å². The Morgan fingerprint density at radius 3 is 2.67 bits per heavy atom. The van der Waals surface area contributed by atoms with E-state index in [-0.39, 0.29) is 6.10 Å². The predicted molar refractivity (Wildman–Crippen MR) is 69.0 cm³/mol. The van der Waals surface area contributed by atoms with Crippen LogP contribution in [0.1, 0.15) is 62.1 Å². The second-order valence-electron chi connectivity index (χ2n) is 5.16. The lowest BCUT2D eigenvalue weighted by Crippen LogP contribution is -2.14. The summed E-state index contributed by atoms with van der Waals surface area (Å²) in [5.74, 6) is 7.58. The number of hydrogen-bond acceptors (Lipinski definition) is 5. The first-order chi connectivity index (χ1) is 8.86. The summed E-state index contributed by atoms with van der Waals surface area (Å²) < 4.78 is 5.66. The molecule has 1 saturated carbocycles. The smallest absolute Gasteiger partial charge is 0.159 e. The second kappa shape index (κ2) is 5.20. The molecule has 1 aromatic heterocycles. The molecule has 2 heterocycles. The van der Waals surface area contributed by atoms with E-state index in [2.05, 4.69) is 10.4 Å². The van der Waals surface area contributed by atoms with Gasteiger partial charge in [0.15, 0.2) is 5.82 Å². The van der Waals surface area contributed by atoms with Crippen LogP contribution in [-0.2, 0) is 4.74 Å². The minimum atomic E-state index is 0.0541. The molecule has 1 aliphatic carbocycles. The van der Waals surface area contributed by atoms with Gasteiger partial charge in [-0.05, 0) is 25.7 Å². The van der Waals surface area contributed by atoms with Gasteiger partial charge in [-0.1, -0.05) is 12.8 Å². The molecule has 1 aromatic rings. The molecule has 3 rings (SSSR count). The zero-order valence-electron chi connectivity index (χ0n) is 10.6. The van der Waals surface area contributed by atoms with Crippen LogP contribution in [0.4, 0.5) is 5.82 Å². The van der Waals surface area contributed by atoms with E-state index in [9.17, 15) is 0 Å². The Hall–Kier alpha value is -1.20. The van der Waals surface area contributed by atoms with Crippen LogP contribution in [0.5, 0.6) is 0 Å². The van der Waals surface area contributed by atoms with E-state index in [0.29, 0.717) is 11.7 Å². The molecule has 1 aliphatic heterocycles. The van der Waals surface area contributed by atoms with E-state index in [1.54, 1.807) is 0 Å². The number of aromatic nitrogens is 2. The first-order valence-electron chi connectivity index (χ1n) is 6.84. The first kappa shape index (κ1) is 11.9. The molecule has 18 heavy (non-hydrogen) atoms. The standard InChI is InChI=1S/C13H20N4O/c14-17-12-8-10(9-4-1-2-5-9)15-13(16-12)11-6-3-7-18-11/h8-9,11H,1-7,14H2,(H,15,16,17). The molecule has 2 aliphatic rings. The molecule has 0 bridgehead atoms. The van der Waals surface area contributed by atoms with Crippen LogP contribution in [0, 0.1) is 0 Å². The van der Waals surface area contributed by atoms with Gasteiger partial charge in [0.1, 0.15) is 11.9 Å². The summed E-state index contributed by atoms with van der Waals surface area (Å²) in [6, 6.07) is 1.98. The number of nitrogen functional groups attached to an aromatic ring is 1. The maximum atomic E-state index is 5.66. The molecule has 5 nitrogen and oxygen atoms in total. The molecule has 2 fully saturated rings. The van der Waals surface area contributed by atoms with Crippen LogP contribution >= 0.6 is 0 Å². The summed E-state index contributed by atoms with van der Waals surface area (Å²) >= 11 is 0. The van der Waals surface area contributed by atoms with Gasteiger partial charge in [-0.15, -0.1) is 0 Å². The molecular formula is C13H20N4O. The van der Waals surface area contributed by atoms with Crippen molar-refractivity contribution in [3.8, 4) is 0 Å². The lowest BCUT2D eigenvalue weighted by Gasteiger charge is -2.14. The highest BCUT2D eigenvalue weighted by molar-refractivity contribution is 5.36. The van der Waals surface area contributed by atoms with Crippen LogP contribution in [0.2, 0.25) is 0 Å². The summed E-state index contributed by atoms with van der Waals surface area (Å²) in [7, 11) is 0. The van der Waals surface area contributed by atoms with Gasteiger partial charge in [0.2, 0.25) is 0 Å². The maximum absolute atomic E-state index is 5.66. The van der Waals surface area contributed by atoms with Gasteiger partial charge < -0.3 is 10.2 Å². The topological polar surface area (TPSA) is 73.1 Å². The highest BCUT2D eigenvalue weighted by atomic mass is 16.5. The molecule has 5 heteroatoms. The normalized spacial score (nSPS) is 24.6. The molecule has 1 unspecified atom stereocenters. The zero-order valence-corrected chi connectivity index (χ0v) is 10.6. The number of ether oxygens (including phenoxy) is 1. The van der Waals surface area contributed by atoms with Crippen molar-refractivity contribution in [3.05, 3.63) is 17.6 Å². The fourth-order valence-corrected chi connectivity index (χ4v) is 2.92. The number of nitrogens with zero attached hydrogens (tertiary/aromatic N) is 2. The Bertz CT molecular complexity index is 377. The van der Waals surface area contributed by atoms with Crippen molar-refractivity contribution in [2.75, 3.05) is 12.0 Å². The fourth-order valence-electron chi connectivity index (χ4n) is 2.92. The predicted octanol–water partition coefficient (Wildman–Crippen LogP) is 2.27. The number of nitrogens with one attached hydrogen (secondary N) is 1. The highest BCUT2D eigenvalue weighted by Crippen LogP contribution is 2.35. The first-order valence-corrected chi connectivity index (χ1v) is 6.84. The van der Waals surface area contributed by atoms with E-state index in [0.717, 1.165) is 31.0 Å². The number of hydrogen-bond donors (Lipinski definition) is 2. The summed E-state index contributed by atoms with van der Waals surface area (Å²) in [5.41, 5.74) is 3.77. The van der Waals surface area contributed by atoms with E-state index >= 15 is 0 Å². The highest BCUT2D eigenvalue weighted by Gasteiger charge is 2.24. The number of hydrazine groups is 1. The summed E-state index contributed by atoms with van der Waals surface area (Å²) in [5, 5.41) is 0. The monoisotopic (exact) mass is 248 g/mol. The largest absolute Gasteiger partial charge is 0.370 e. The van der Waals surface area contributed by atoms with Crippen molar-refractivity contribution in [1.82, 2.24) is 9.97 Å². The molecular weight excluding hydrogens is 228 g/mol. The van der Waals surface area contributed by atoms with Crippen LogP contribution in [-0.4, -0.2) is 16.6 Å². The van der Waals surface area contributed by atoms with Gasteiger partial charge in [0, 0.05) is 24.3 Å². The van der Waals surface area contributed by atoms with Gasteiger partial charge in [-0.25, -0.2) is 15.8 Å². The van der Waals surface area contributed by atoms with Crippen LogP contribution in [0.15, 0.2) is 6.07 Å². The maximum Gasteiger partial charge on any atom is 0.159 e. The Morgan fingerprint density at radius 2 is 2.00 bits per heavy atom. The van der Waals surface area contributed by atoms with Gasteiger partial charge in [0.05, 0.1) is 0 Å². The molecule has 0 spiro atoms. The van der Waals surface area contributed by atoms with E-state index in [1.807, 2.05) is 6.07 Å². The Kier molecular flexibility index (Phi) is 3.43. The van der Waals surface area contributed by atoms with Crippen molar-refractivity contribution in [2.24, 2.45) is 5.84 Å². The molecule has 0 radical (unpaired) electrons. The molecule has 3 N–H and O–H groups in total. The van der Waals surface area contributed by atoms with Crippen LogP contribution < -0.4 is 11.3 Å².